The van der Waals surface area contributed by atoms with Crippen molar-refractivity contribution in [3.8, 4) is 0 Å². The van der Waals surface area contributed by atoms with Crippen molar-refractivity contribution < 1.29 is 9.59 Å². The normalized spacial score (nSPS) is 18.1. The van der Waals surface area contributed by atoms with Crippen molar-refractivity contribution in [2.45, 2.75) is 40.2 Å². The molecule has 2 amide bonds. The lowest BCUT2D eigenvalue weighted by Gasteiger charge is -2.34. The molecule has 0 spiro atoms. The van der Waals surface area contributed by atoms with E-state index < -0.39 is 0 Å². The van der Waals surface area contributed by atoms with Crippen LogP contribution in [0.2, 0.25) is 0 Å². The fourth-order valence-electron chi connectivity index (χ4n) is 2.82. The number of carbonyl (C=O) groups is 2. The summed E-state index contributed by atoms with van der Waals surface area (Å²) in [7, 11) is 0. The Balaban J connectivity index is 2.09. The van der Waals surface area contributed by atoms with E-state index in [1.165, 1.54) is 0 Å². The number of hydrogen-bond acceptors (Lipinski definition) is 3. The summed E-state index contributed by atoms with van der Waals surface area (Å²) >= 11 is 0. The molecule has 1 aromatic rings. The zero-order chi connectivity index (χ0) is 17.0. The van der Waals surface area contributed by atoms with Gasteiger partial charge in [0.05, 0.1) is 0 Å². The quantitative estimate of drug-likeness (QED) is 0.896. The molecule has 5 heteroatoms. The highest BCUT2D eigenvalue weighted by molar-refractivity contribution is 5.96. The Morgan fingerprint density at radius 2 is 2.13 bits per heavy atom. The smallest absolute Gasteiger partial charge is 0.254 e. The molecule has 23 heavy (non-hydrogen) atoms. The zero-order valence-electron chi connectivity index (χ0n) is 14.5. The van der Waals surface area contributed by atoms with E-state index in [1.807, 2.05) is 37.8 Å². The lowest BCUT2D eigenvalue weighted by atomic mass is 10.1. The van der Waals surface area contributed by atoms with Crippen LogP contribution in [0.5, 0.6) is 0 Å². The minimum absolute atomic E-state index is 0.0119. The lowest BCUT2D eigenvalue weighted by molar-refractivity contribution is -0.116. The van der Waals surface area contributed by atoms with Crippen LogP contribution in [0.3, 0.4) is 0 Å². The van der Waals surface area contributed by atoms with Gasteiger partial charge in [-0.25, -0.2) is 0 Å². The highest BCUT2D eigenvalue weighted by Crippen LogP contribution is 2.19. The molecule has 2 rings (SSSR count). The summed E-state index contributed by atoms with van der Waals surface area (Å²) in [6.45, 7) is 10.4. The highest BCUT2D eigenvalue weighted by Gasteiger charge is 2.24. The topological polar surface area (TPSA) is 61.4 Å². The maximum absolute atomic E-state index is 12.7. The van der Waals surface area contributed by atoms with E-state index in [-0.39, 0.29) is 17.9 Å². The number of nitrogens with zero attached hydrogens (tertiary/aromatic N) is 1. The first-order valence-electron chi connectivity index (χ1n) is 8.30. The van der Waals surface area contributed by atoms with Crippen LogP contribution in [0.25, 0.3) is 0 Å². The fraction of sp³-hybridized carbons (Fsp3) is 0.556. The molecule has 2 N–H and O–H groups in total. The number of nitrogens with one attached hydrogen (secondary N) is 2. The van der Waals surface area contributed by atoms with E-state index in [0.29, 0.717) is 17.9 Å². The second kappa shape index (κ2) is 7.59. The zero-order valence-corrected chi connectivity index (χ0v) is 14.5. The summed E-state index contributed by atoms with van der Waals surface area (Å²) in [6.07, 6.45) is 0.498. The van der Waals surface area contributed by atoms with Crippen LogP contribution >= 0.6 is 0 Å². The van der Waals surface area contributed by atoms with Crippen LogP contribution in [0.15, 0.2) is 18.2 Å². The molecular formula is C18H27N3O2. The van der Waals surface area contributed by atoms with Crippen molar-refractivity contribution >= 4 is 17.5 Å². The minimum atomic E-state index is 0.0119. The van der Waals surface area contributed by atoms with Gasteiger partial charge in [0.15, 0.2) is 0 Å². The summed E-state index contributed by atoms with van der Waals surface area (Å²) in [5.74, 6) is 0.394. The molecule has 1 aliphatic rings. The molecule has 0 unspecified atom stereocenters. The third-order valence-electron chi connectivity index (χ3n) is 4.10. The highest BCUT2D eigenvalue weighted by atomic mass is 16.2. The maximum atomic E-state index is 12.7. The Hall–Kier alpha value is -1.88. The number of benzene rings is 1. The van der Waals surface area contributed by atoms with Gasteiger partial charge in [0.1, 0.15) is 0 Å². The largest absolute Gasteiger partial charge is 0.333 e. The van der Waals surface area contributed by atoms with Crippen molar-refractivity contribution in [1.29, 1.82) is 0 Å². The van der Waals surface area contributed by atoms with Crippen LogP contribution in [0.4, 0.5) is 5.69 Å². The van der Waals surface area contributed by atoms with Crippen molar-refractivity contribution in [2.75, 3.05) is 25.0 Å². The summed E-state index contributed by atoms with van der Waals surface area (Å²) in [6, 6.07) is 5.69. The van der Waals surface area contributed by atoms with Gasteiger partial charge in [-0.3, -0.25) is 9.59 Å². The van der Waals surface area contributed by atoms with Crippen LogP contribution in [0.1, 0.15) is 43.1 Å². The Bertz CT molecular complexity index is 584. The standard InChI is InChI=1S/C18H27N3O2/c1-12(2)9-17(22)20-16-6-5-15(10-13(16)3)18(23)21-8-7-19-11-14(21)4/h5-6,10,12,14,19H,7-9,11H2,1-4H3,(H,20,22)/t14-/m0/s1. The van der Waals surface area contributed by atoms with Gasteiger partial charge in [-0.05, 0) is 43.5 Å². The van der Waals surface area contributed by atoms with E-state index in [2.05, 4.69) is 17.6 Å². The Labute approximate surface area is 138 Å². The van der Waals surface area contributed by atoms with Crippen LogP contribution < -0.4 is 10.6 Å². The molecule has 1 saturated heterocycles. The van der Waals surface area contributed by atoms with Crippen molar-refractivity contribution in [3.05, 3.63) is 29.3 Å². The molecular weight excluding hydrogens is 290 g/mol. The van der Waals surface area contributed by atoms with Gasteiger partial charge in [-0.1, -0.05) is 13.8 Å². The van der Waals surface area contributed by atoms with E-state index >= 15 is 0 Å². The summed E-state index contributed by atoms with van der Waals surface area (Å²) < 4.78 is 0. The van der Waals surface area contributed by atoms with Crippen molar-refractivity contribution in [2.24, 2.45) is 5.92 Å². The number of anilines is 1. The van der Waals surface area contributed by atoms with Crippen molar-refractivity contribution in [3.63, 3.8) is 0 Å². The first-order valence-corrected chi connectivity index (χ1v) is 8.30. The van der Waals surface area contributed by atoms with E-state index in [1.54, 1.807) is 6.07 Å². The average molecular weight is 317 g/mol. The molecule has 126 valence electrons. The molecule has 0 aromatic heterocycles. The van der Waals surface area contributed by atoms with E-state index in [4.69, 9.17) is 0 Å². The van der Waals surface area contributed by atoms with Gasteiger partial charge in [0.2, 0.25) is 5.91 Å². The molecule has 1 heterocycles. The third-order valence-corrected chi connectivity index (χ3v) is 4.10. The summed E-state index contributed by atoms with van der Waals surface area (Å²) in [5.41, 5.74) is 2.37. The average Bonchev–Trinajstić information content (AvgIpc) is 2.48. The summed E-state index contributed by atoms with van der Waals surface area (Å²) in [5, 5.41) is 6.21. The Morgan fingerprint density at radius 3 is 2.74 bits per heavy atom. The van der Waals surface area contributed by atoms with Crippen LogP contribution in [-0.2, 0) is 4.79 Å². The van der Waals surface area contributed by atoms with Gasteiger partial charge in [-0.15, -0.1) is 0 Å². The molecule has 0 radical (unpaired) electrons. The van der Waals surface area contributed by atoms with E-state index in [0.717, 1.165) is 30.9 Å². The van der Waals surface area contributed by atoms with Gasteiger partial charge in [0.25, 0.3) is 5.91 Å². The summed E-state index contributed by atoms with van der Waals surface area (Å²) in [4.78, 5) is 26.4. The fourth-order valence-corrected chi connectivity index (χ4v) is 2.82. The first kappa shape index (κ1) is 17.5. The lowest BCUT2D eigenvalue weighted by Crippen LogP contribution is -2.52. The molecule has 1 aliphatic heterocycles. The predicted octanol–water partition coefficient (Wildman–Crippen LogP) is 2.41. The van der Waals surface area contributed by atoms with Gasteiger partial charge in [-0.2, -0.15) is 0 Å². The minimum Gasteiger partial charge on any atom is -0.333 e. The number of amides is 2. The second-order valence-electron chi connectivity index (χ2n) is 6.73. The number of rotatable bonds is 4. The Morgan fingerprint density at radius 1 is 1.39 bits per heavy atom. The predicted molar refractivity (Wildman–Crippen MR) is 92.6 cm³/mol. The number of hydrogen-bond donors (Lipinski definition) is 2. The van der Waals surface area contributed by atoms with Gasteiger partial charge < -0.3 is 15.5 Å². The monoisotopic (exact) mass is 317 g/mol. The number of carbonyl (C=O) groups excluding carboxylic acids is 2. The molecule has 0 bridgehead atoms. The molecule has 1 atom stereocenters. The number of aryl methyl sites for hydroxylation is 1. The second-order valence-corrected chi connectivity index (χ2v) is 6.73. The van der Waals surface area contributed by atoms with Crippen LogP contribution in [-0.4, -0.2) is 42.4 Å². The first-order chi connectivity index (χ1) is 10.9. The molecule has 5 nitrogen and oxygen atoms in total. The molecule has 0 saturated carbocycles. The third kappa shape index (κ3) is 4.55. The van der Waals surface area contributed by atoms with E-state index in [9.17, 15) is 9.59 Å². The maximum Gasteiger partial charge on any atom is 0.254 e. The molecule has 0 aliphatic carbocycles. The molecule has 1 fully saturated rings. The molecule has 1 aromatic carbocycles. The van der Waals surface area contributed by atoms with Gasteiger partial charge >= 0.3 is 0 Å². The van der Waals surface area contributed by atoms with Crippen molar-refractivity contribution in [1.82, 2.24) is 10.2 Å². The van der Waals surface area contributed by atoms with Crippen LogP contribution in [0, 0.1) is 12.8 Å². The van der Waals surface area contributed by atoms with Gasteiger partial charge in [0, 0.05) is 43.3 Å². The SMILES string of the molecule is Cc1cc(C(=O)N2CCNC[C@@H]2C)ccc1NC(=O)CC(C)C. The number of piperazine rings is 1. The Kier molecular flexibility index (Phi) is 5.77.